The number of aromatic hydroxyl groups is 1. The van der Waals surface area contributed by atoms with Gasteiger partial charge in [-0.05, 0) is 75.3 Å². The van der Waals surface area contributed by atoms with E-state index in [1.54, 1.807) is 25.3 Å². The number of nitrogens with zero attached hydrogens (tertiary/aromatic N) is 7. The summed E-state index contributed by atoms with van der Waals surface area (Å²) in [5.74, 6) is 3.56. The standard InChI is InChI=1S/C42H51N7O5/c1-5-29-9-6-10-30-21-33(50)22-35(40(29)30)38-23-37-36(27-53-38)41(45-42(44-37)54-26-32-11-7-17-46(32)3)48-25-31(13-16-43)49(24-28(48)2)39(51)12-8-18-47-19-14-34(52-4)15-20-47/h1,6,8-10,12,21-22,28,31-32,34,38,50H,7,11,13-15,17-20,23-27H2,2-4H3/b12-8+/t28-,31-,32-,38-/m0/s1. The Bertz CT molecular complexity index is 1950. The number of phenols is 1. The number of likely N-dealkylation sites (tertiary alicyclic amines) is 2. The molecule has 0 spiro atoms. The molecule has 1 aromatic heterocycles. The van der Waals surface area contributed by atoms with Crippen LogP contribution in [0.3, 0.4) is 0 Å². The van der Waals surface area contributed by atoms with E-state index < -0.39 is 6.10 Å². The van der Waals surface area contributed by atoms with E-state index in [9.17, 15) is 15.2 Å². The van der Waals surface area contributed by atoms with Crippen LogP contribution in [-0.4, -0.2) is 120 Å². The van der Waals surface area contributed by atoms with Crippen LogP contribution in [0.15, 0.2) is 42.5 Å². The second kappa shape index (κ2) is 16.7. The van der Waals surface area contributed by atoms with Crippen molar-refractivity contribution >= 4 is 22.5 Å². The summed E-state index contributed by atoms with van der Waals surface area (Å²) in [5, 5.41) is 22.3. The molecule has 0 saturated carbocycles. The van der Waals surface area contributed by atoms with E-state index in [-0.39, 0.29) is 42.8 Å². The van der Waals surface area contributed by atoms with Gasteiger partial charge in [-0.1, -0.05) is 24.1 Å². The quantitative estimate of drug-likeness (QED) is 0.232. The maximum atomic E-state index is 13.6. The minimum Gasteiger partial charge on any atom is -0.508 e. The summed E-state index contributed by atoms with van der Waals surface area (Å²) in [6, 6.07) is 11.6. The number of rotatable bonds is 10. The van der Waals surface area contributed by atoms with Gasteiger partial charge in [0.05, 0.1) is 43.0 Å². The molecule has 1 N–H and O–H groups in total. The van der Waals surface area contributed by atoms with Crippen molar-refractivity contribution in [1.82, 2.24) is 24.7 Å². The lowest BCUT2D eigenvalue weighted by Crippen LogP contribution is -2.59. The number of benzene rings is 2. The molecule has 3 saturated heterocycles. The van der Waals surface area contributed by atoms with Crippen LogP contribution in [0.25, 0.3) is 10.8 Å². The third kappa shape index (κ3) is 8.03. The fourth-order valence-corrected chi connectivity index (χ4v) is 8.52. The van der Waals surface area contributed by atoms with Crippen molar-refractivity contribution in [3.05, 3.63) is 64.9 Å². The molecule has 0 bridgehead atoms. The largest absolute Gasteiger partial charge is 0.508 e. The number of aromatic nitrogens is 2. The highest BCUT2D eigenvalue weighted by atomic mass is 16.5. The molecule has 12 nitrogen and oxygen atoms in total. The summed E-state index contributed by atoms with van der Waals surface area (Å²) in [7, 11) is 3.88. The van der Waals surface area contributed by atoms with Crippen LogP contribution in [0, 0.1) is 23.7 Å². The Labute approximate surface area is 318 Å². The number of ether oxygens (including phenoxy) is 3. The first-order valence-electron chi connectivity index (χ1n) is 19.2. The summed E-state index contributed by atoms with van der Waals surface area (Å²) in [5.41, 5.74) is 3.20. The van der Waals surface area contributed by atoms with Crippen molar-refractivity contribution in [2.45, 2.75) is 82.4 Å². The first-order chi connectivity index (χ1) is 26.3. The van der Waals surface area contributed by atoms with Crippen LogP contribution in [0.5, 0.6) is 11.8 Å². The lowest BCUT2D eigenvalue weighted by molar-refractivity contribution is -0.129. The molecule has 3 fully saturated rings. The van der Waals surface area contributed by atoms with Gasteiger partial charge in [0.2, 0.25) is 5.91 Å². The first-order valence-corrected chi connectivity index (χ1v) is 19.2. The number of nitriles is 1. The number of likely N-dealkylation sites (N-methyl/N-ethyl adjacent to an activating group) is 1. The number of piperidine rings is 1. The van der Waals surface area contributed by atoms with E-state index in [1.165, 1.54) is 0 Å². The highest BCUT2D eigenvalue weighted by Crippen LogP contribution is 2.40. The molecule has 3 aromatic rings. The van der Waals surface area contributed by atoms with Crippen LogP contribution in [-0.2, 0) is 27.3 Å². The predicted molar refractivity (Wildman–Crippen MR) is 206 cm³/mol. The second-order valence-electron chi connectivity index (χ2n) is 15.1. The summed E-state index contributed by atoms with van der Waals surface area (Å²) in [6.07, 6.45) is 14.2. The smallest absolute Gasteiger partial charge is 0.318 e. The summed E-state index contributed by atoms with van der Waals surface area (Å²) in [4.78, 5) is 32.3. The Kier molecular flexibility index (Phi) is 11.7. The molecule has 4 atom stereocenters. The first kappa shape index (κ1) is 37.6. The fraction of sp³-hybridized carbons (Fsp3) is 0.524. The summed E-state index contributed by atoms with van der Waals surface area (Å²) in [6.45, 7) is 7.28. The van der Waals surface area contributed by atoms with E-state index in [1.807, 2.05) is 29.2 Å². The van der Waals surface area contributed by atoms with Gasteiger partial charge in [0.25, 0.3) is 0 Å². The molecule has 0 radical (unpaired) electrons. The number of terminal acetylenes is 1. The lowest BCUT2D eigenvalue weighted by Gasteiger charge is -2.46. The van der Waals surface area contributed by atoms with Crippen molar-refractivity contribution in [1.29, 1.82) is 5.26 Å². The third-order valence-corrected chi connectivity index (χ3v) is 11.6. The zero-order valence-electron chi connectivity index (χ0n) is 31.6. The van der Waals surface area contributed by atoms with Crippen LogP contribution in [0.4, 0.5) is 5.82 Å². The van der Waals surface area contributed by atoms with Gasteiger partial charge in [0.15, 0.2) is 0 Å². The molecule has 5 heterocycles. The number of fused-ring (bicyclic) bond motifs is 2. The molecule has 4 aliphatic rings. The van der Waals surface area contributed by atoms with Crippen molar-refractivity contribution in [2.24, 2.45) is 0 Å². The van der Waals surface area contributed by atoms with Gasteiger partial charge in [-0.3, -0.25) is 9.69 Å². The average molecular weight is 734 g/mol. The molecule has 0 unspecified atom stereocenters. The van der Waals surface area contributed by atoms with Gasteiger partial charge in [-0.2, -0.15) is 15.2 Å². The zero-order valence-corrected chi connectivity index (χ0v) is 31.6. The number of amides is 1. The number of piperazine rings is 1. The monoisotopic (exact) mass is 733 g/mol. The minimum absolute atomic E-state index is 0.0844. The zero-order chi connectivity index (χ0) is 37.8. The van der Waals surface area contributed by atoms with Crippen LogP contribution in [0.2, 0.25) is 0 Å². The van der Waals surface area contributed by atoms with Crippen LogP contribution in [0.1, 0.15) is 67.5 Å². The Morgan fingerprint density at radius 2 is 1.98 bits per heavy atom. The number of methoxy groups -OCH3 is 1. The van der Waals surface area contributed by atoms with Crippen molar-refractivity contribution in [2.75, 3.05) is 64.9 Å². The number of hydrogen-bond acceptors (Lipinski definition) is 11. The fourth-order valence-electron chi connectivity index (χ4n) is 8.52. The van der Waals surface area contributed by atoms with E-state index in [0.29, 0.717) is 50.6 Å². The third-order valence-electron chi connectivity index (χ3n) is 11.6. The average Bonchev–Trinajstić information content (AvgIpc) is 3.60. The molecule has 7 rings (SSSR count). The highest BCUT2D eigenvalue weighted by molar-refractivity contribution is 5.92. The summed E-state index contributed by atoms with van der Waals surface area (Å²) < 4.78 is 18.4. The number of hydrogen-bond donors (Lipinski definition) is 1. The molecule has 54 heavy (non-hydrogen) atoms. The van der Waals surface area contributed by atoms with Gasteiger partial charge < -0.3 is 34.0 Å². The van der Waals surface area contributed by atoms with Gasteiger partial charge in [0.1, 0.15) is 18.2 Å². The highest BCUT2D eigenvalue weighted by Gasteiger charge is 2.38. The Hall–Kier alpha value is -4.72. The SMILES string of the molecule is C#Cc1cccc2cc(O)cc([C@@H]3Cc4nc(OC[C@@H]5CCCN5C)nc(N5C[C@H](CC#N)N(C(=O)/C=C/CN6CCC(OC)CC6)C[C@@H]5C)c4CO3)c12. The van der Waals surface area contributed by atoms with Gasteiger partial charge >= 0.3 is 6.01 Å². The number of phenolic OH excluding ortho intramolecular Hbond substituents is 1. The Balaban J connectivity index is 1.16. The predicted octanol–water partition coefficient (Wildman–Crippen LogP) is 4.59. The van der Waals surface area contributed by atoms with E-state index in [2.05, 4.69) is 40.7 Å². The molecule has 4 aliphatic heterocycles. The number of carbonyl (C=O) groups excluding carboxylic acids is 1. The van der Waals surface area contributed by atoms with Crippen molar-refractivity contribution in [3.8, 4) is 30.2 Å². The van der Waals surface area contributed by atoms with Crippen molar-refractivity contribution in [3.63, 3.8) is 0 Å². The molecule has 2 aromatic carbocycles. The van der Waals surface area contributed by atoms with Gasteiger partial charge in [-0.25, -0.2) is 0 Å². The van der Waals surface area contributed by atoms with Crippen LogP contribution < -0.4 is 9.64 Å². The molecular weight excluding hydrogens is 683 g/mol. The van der Waals surface area contributed by atoms with E-state index in [4.69, 9.17) is 30.6 Å². The minimum atomic E-state index is -0.422. The topological polar surface area (TPSA) is 128 Å². The Morgan fingerprint density at radius 1 is 1.15 bits per heavy atom. The molecule has 284 valence electrons. The maximum absolute atomic E-state index is 13.6. The normalized spacial score (nSPS) is 24.1. The van der Waals surface area contributed by atoms with Crippen LogP contribution >= 0.6 is 0 Å². The lowest BCUT2D eigenvalue weighted by atomic mass is 9.91. The second-order valence-corrected chi connectivity index (χ2v) is 15.1. The molecule has 0 aliphatic carbocycles. The van der Waals surface area contributed by atoms with E-state index >= 15 is 0 Å². The van der Waals surface area contributed by atoms with Crippen molar-refractivity contribution < 1.29 is 24.1 Å². The van der Waals surface area contributed by atoms with E-state index in [0.717, 1.165) is 78.5 Å². The maximum Gasteiger partial charge on any atom is 0.318 e. The summed E-state index contributed by atoms with van der Waals surface area (Å²) >= 11 is 0. The van der Waals surface area contributed by atoms with Gasteiger partial charge in [0, 0.05) is 80.9 Å². The van der Waals surface area contributed by atoms with Gasteiger partial charge in [-0.15, -0.1) is 6.42 Å². The number of carbonyl (C=O) groups is 1. The molecule has 1 amide bonds. The Morgan fingerprint density at radius 3 is 2.72 bits per heavy atom. The molecule has 12 heteroatoms. The number of anilines is 1. The molecular formula is C42H51N7O5.